The summed E-state index contributed by atoms with van der Waals surface area (Å²) >= 11 is 0. The number of halogens is 3. The van der Waals surface area contributed by atoms with Crippen LogP contribution in [-0.4, -0.2) is 29.4 Å². The van der Waals surface area contributed by atoms with Gasteiger partial charge in [0.05, 0.1) is 18.8 Å². The minimum Gasteiger partial charge on any atom is -0.453 e. The molecule has 0 spiro atoms. The van der Waals surface area contributed by atoms with Crippen molar-refractivity contribution in [2.45, 2.75) is 26.4 Å². The SMILES string of the molecule is CC(C)[C@H](N)C(=O)NCC(=O)NCc1ccc(Oc2cccnc2)c(F)c1.Cl.Cl. The van der Waals surface area contributed by atoms with E-state index in [2.05, 4.69) is 15.6 Å². The third kappa shape index (κ3) is 8.64. The Morgan fingerprint density at radius 3 is 2.52 bits per heavy atom. The van der Waals surface area contributed by atoms with Crippen molar-refractivity contribution in [3.05, 3.63) is 54.1 Å². The largest absolute Gasteiger partial charge is 0.453 e. The molecule has 0 bridgehead atoms. The minimum atomic E-state index is -0.667. The van der Waals surface area contributed by atoms with Gasteiger partial charge < -0.3 is 21.1 Å². The predicted octanol–water partition coefficient (Wildman–Crippen LogP) is 2.57. The number of nitrogens with one attached hydrogen (secondary N) is 2. The van der Waals surface area contributed by atoms with Crippen LogP contribution in [0.2, 0.25) is 0 Å². The lowest BCUT2D eigenvalue weighted by Crippen LogP contribution is -2.47. The third-order valence-corrected chi connectivity index (χ3v) is 3.79. The van der Waals surface area contributed by atoms with Crippen molar-refractivity contribution in [1.82, 2.24) is 15.6 Å². The molecule has 1 atom stereocenters. The average Bonchev–Trinajstić information content (AvgIpc) is 2.66. The van der Waals surface area contributed by atoms with Crippen LogP contribution in [0.1, 0.15) is 19.4 Å². The normalized spacial score (nSPS) is 10.9. The quantitative estimate of drug-likeness (QED) is 0.577. The summed E-state index contributed by atoms with van der Waals surface area (Å²) in [6.45, 7) is 3.57. The van der Waals surface area contributed by atoms with Crippen molar-refractivity contribution in [1.29, 1.82) is 0 Å². The second-order valence-corrected chi connectivity index (χ2v) is 6.32. The van der Waals surface area contributed by atoms with Crippen LogP contribution in [0.5, 0.6) is 11.5 Å². The summed E-state index contributed by atoms with van der Waals surface area (Å²) < 4.78 is 19.6. The van der Waals surface area contributed by atoms with E-state index in [0.29, 0.717) is 11.3 Å². The van der Waals surface area contributed by atoms with Gasteiger partial charge in [0.2, 0.25) is 11.8 Å². The van der Waals surface area contributed by atoms with Crippen LogP contribution >= 0.6 is 24.8 Å². The number of nitrogens with zero attached hydrogens (tertiary/aromatic N) is 1. The van der Waals surface area contributed by atoms with Gasteiger partial charge in [-0.15, -0.1) is 24.8 Å². The molecule has 0 aliphatic heterocycles. The van der Waals surface area contributed by atoms with E-state index in [1.54, 1.807) is 24.4 Å². The number of benzene rings is 1. The fourth-order valence-electron chi connectivity index (χ4n) is 2.12. The van der Waals surface area contributed by atoms with Gasteiger partial charge in [0, 0.05) is 12.7 Å². The first-order valence-electron chi connectivity index (χ1n) is 8.53. The Hall–Kier alpha value is -2.42. The van der Waals surface area contributed by atoms with Crippen molar-refractivity contribution < 1.29 is 18.7 Å². The maximum Gasteiger partial charge on any atom is 0.239 e. The number of carbonyl (C=O) groups is 2. The first-order chi connectivity index (χ1) is 12.9. The van der Waals surface area contributed by atoms with E-state index < -0.39 is 17.8 Å². The van der Waals surface area contributed by atoms with Crippen LogP contribution < -0.4 is 21.1 Å². The van der Waals surface area contributed by atoms with Crippen LogP contribution in [0.3, 0.4) is 0 Å². The highest BCUT2D eigenvalue weighted by molar-refractivity contribution is 5.87. The minimum absolute atomic E-state index is 0. The molecule has 10 heteroatoms. The van der Waals surface area contributed by atoms with Gasteiger partial charge in [0.25, 0.3) is 0 Å². The number of carbonyl (C=O) groups excluding carboxylic acids is 2. The van der Waals surface area contributed by atoms with Crippen molar-refractivity contribution in [3.8, 4) is 11.5 Å². The molecule has 0 aliphatic carbocycles. The van der Waals surface area contributed by atoms with Crippen LogP contribution in [0.4, 0.5) is 4.39 Å². The summed E-state index contributed by atoms with van der Waals surface area (Å²) in [5.74, 6) is -0.871. The number of ether oxygens (including phenoxy) is 1. The Morgan fingerprint density at radius 2 is 1.93 bits per heavy atom. The Labute approximate surface area is 181 Å². The van der Waals surface area contributed by atoms with Crippen molar-refractivity contribution >= 4 is 36.6 Å². The van der Waals surface area contributed by atoms with E-state index in [4.69, 9.17) is 10.5 Å². The van der Waals surface area contributed by atoms with E-state index in [9.17, 15) is 14.0 Å². The lowest BCUT2D eigenvalue weighted by Gasteiger charge is -2.15. The lowest BCUT2D eigenvalue weighted by molar-refractivity contribution is -0.127. The molecule has 1 aromatic heterocycles. The summed E-state index contributed by atoms with van der Waals surface area (Å²) in [5.41, 5.74) is 6.26. The fourth-order valence-corrected chi connectivity index (χ4v) is 2.12. The number of hydrogen-bond acceptors (Lipinski definition) is 5. The van der Waals surface area contributed by atoms with Gasteiger partial charge in [-0.3, -0.25) is 14.6 Å². The summed E-state index contributed by atoms with van der Waals surface area (Å²) in [6, 6.07) is 7.08. The molecule has 0 unspecified atom stereocenters. The second kappa shape index (κ2) is 12.9. The fraction of sp³-hybridized carbons (Fsp3) is 0.316. The van der Waals surface area contributed by atoms with Crippen LogP contribution in [0.15, 0.2) is 42.7 Å². The smallest absolute Gasteiger partial charge is 0.239 e. The number of rotatable bonds is 8. The summed E-state index contributed by atoms with van der Waals surface area (Å²) in [7, 11) is 0. The second-order valence-electron chi connectivity index (χ2n) is 6.32. The van der Waals surface area contributed by atoms with Crippen molar-refractivity contribution in [2.75, 3.05) is 6.54 Å². The topological polar surface area (TPSA) is 106 Å². The highest BCUT2D eigenvalue weighted by atomic mass is 35.5. The molecule has 2 amide bonds. The molecule has 0 saturated carbocycles. The monoisotopic (exact) mass is 446 g/mol. The van der Waals surface area contributed by atoms with Crippen molar-refractivity contribution in [3.63, 3.8) is 0 Å². The number of hydrogen-bond donors (Lipinski definition) is 3. The van der Waals surface area contributed by atoms with Gasteiger partial charge in [0.1, 0.15) is 5.75 Å². The van der Waals surface area contributed by atoms with Gasteiger partial charge in [-0.1, -0.05) is 19.9 Å². The van der Waals surface area contributed by atoms with Gasteiger partial charge in [0.15, 0.2) is 11.6 Å². The van der Waals surface area contributed by atoms with Gasteiger partial charge >= 0.3 is 0 Å². The van der Waals surface area contributed by atoms with E-state index in [-0.39, 0.29) is 55.5 Å². The summed E-state index contributed by atoms with van der Waals surface area (Å²) in [5, 5.41) is 5.08. The van der Waals surface area contributed by atoms with Crippen LogP contribution in [0, 0.1) is 11.7 Å². The van der Waals surface area contributed by atoms with Gasteiger partial charge in [-0.05, 0) is 35.7 Å². The molecule has 0 saturated heterocycles. The highest BCUT2D eigenvalue weighted by Gasteiger charge is 2.17. The Kier molecular flexibility index (Phi) is 11.8. The average molecular weight is 447 g/mol. The van der Waals surface area contributed by atoms with E-state index in [0.717, 1.165) is 0 Å². The molecule has 160 valence electrons. The predicted molar refractivity (Wildman–Crippen MR) is 113 cm³/mol. The Balaban J connectivity index is 0.00000392. The van der Waals surface area contributed by atoms with Crippen LogP contribution in [-0.2, 0) is 16.1 Å². The van der Waals surface area contributed by atoms with E-state index >= 15 is 0 Å². The number of amides is 2. The summed E-state index contributed by atoms with van der Waals surface area (Å²) in [4.78, 5) is 27.4. The molecule has 1 heterocycles. The molecule has 1 aromatic carbocycles. The Morgan fingerprint density at radius 1 is 1.21 bits per heavy atom. The zero-order valence-electron chi connectivity index (χ0n) is 16.1. The molecule has 2 aromatic rings. The molecular weight excluding hydrogens is 422 g/mol. The maximum absolute atomic E-state index is 14.1. The Bertz CT molecular complexity index is 794. The third-order valence-electron chi connectivity index (χ3n) is 3.79. The maximum atomic E-state index is 14.1. The zero-order valence-corrected chi connectivity index (χ0v) is 17.7. The molecule has 7 nitrogen and oxygen atoms in total. The van der Waals surface area contributed by atoms with E-state index in [1.165, 1.54) is 18.3 Å². The summed E-state index contributed by atoms with van der Waals surface area (Å²) in [6.07, 6.45) is 3.07. The molecule has 2 rings (SSSR count). The molecule has 29 heavy (non-hydrogen) atoms. The number of aromatic nitrogens is 1. The highest BCUT2D eigenvalue weighted by Crippen LogP contribution is 2.24. The van der Waals surface area contributed by atoms with Crippen molar-refractivity contribution in [2.24, 2.45) is 11.7 Å². The van der Waals surface area contributed by atoms with E-state index in [1.807, 2.05) is 13.8 Å². The van der Waals surface area contributed by atoms with Crippen LogP contribution in [0.25, 0.3) is 0 Å². The van der Waals surface area contributed by atoms with Gasteiger partial charge in [-0.25, -0.2) is 4.39 Å². The molecular formula is C19H25Cl2FN4O3. The van der Waals surface area contributed by atoms with Gasteiger partial charge in [-0.2, -0.15) is 0 Å². The molecule has 0 fully saturated rings. The molecule has 4 N–H and O–H groups in total. The first-order valence-corrected chi connectivity index (χ1v) is 8.53. The number of pyridine rings is 1. The molecule has 0 aliphatic rings. The standard InChI is InChI=1S/C19H23FN4O3.2ClH/c1-12(2)18(21)19(26)24-11-17(25)23-9-13-5-6-16(15(20)8-13)27-14-4-3-7-22-10-14;;/h3-8,10,12,18H,9,11,21H2,1-2H3,(H,23,25)(H,24,26);2*1H/t18-;;/m0../s1. The first kappa shape index (κ1) is 26.6. The number of nitrogens with two attached hydrogens (primary N) is 1. The zero-order chi connectivity index (χ0) is 19.8. The molecule has 0 radical (unpaired) electrons. The lowest BCUT2D eigenvalue weighted by atomic mass is 10.1.